The molecule has 0 saturated carbocycles. The Morgan fingerprint density at radius 2 is 2.00 bits per heavy atom. The number of H-pyrrole nitrogens is 1. The molecule has 0 aliphatic heterocycles. The number of fused-ring (bicyclic) bond motifs is 1. The Balaban J connectivity index is 1.94. The van der Waals surface area contributed by atoms with E-state index >= 15 is 0 Å². The molecule has 22 heavy (non-hydrogen) atoms. The fourth-order valence-corrected chi connectivity index (χ4v) is 2.20. The van der Waals surface area contributed by atoms with Crippen LogP contribution >= 0.6 is 0 Å². The molecule has 0 unspecified atom stereocenters. The number of aromatic nitrogens is 4. The molecule has 0 spiro atoms. The van der Waals surface area contributed by atoms with E-state index in [-0.39, 0.29) is 5.91 Å². The minimum atomic E-state index is -0.105. The van der Waals surface area contributed by atoms with E-state index in [2.05, 4.69) is 25.5 Å². The number of likely N-dealkylation sites (N-methyl/N-ethyl adjacent to an activating group) is 1. The van der Waals surface area contributed by atoms with Crippen LogP contribution in [0.3, 0.4) is 0 Å². The first-order chi connectivity index (χ1) is 10.6. The largest absolute Gasteiger partial charge is 0.308 e. The summed E-state index contributed by atoms with van der Waals surface area (Å²) >= 11 is 0. The number of carbonyl (C=O) groups excluding carboxylic acids is 1. The number of nitrogens with zero attached hydrogens (tertiary/aromatic N) is 4. The zero-order valence-corrected chi connectivity index (χ0v) is 12.4. The van der Waals surface area contributed by atoms with Gasteiger partial charge in [-0.25, -0.2) is 9.97 Å². The van der Waals surface area contributed by atoms with Gasteiger partial charge in [0.15, 0.2) is 5.82 Å². The normalized spacial score (nSPS) is 11.0. The average molecular weight is 296 g/mol. The molecule has 3 aromatic rings. The van der Waals surface area contributed by atoms with Crippen molar-refractivity contribution in [1.82, 2.24) is 25.1 Å². The van der Waals surface area contributed by atoms with Gasteiger partial charge in [0.1, 0.15) is 6.33 Å². The number of amides is 1. The topological polar surface area (TPSA) is 86.8 Å². The van der Waals surface area contributed by atoms with E-state index in [0.717, 1.165) is 22.0 Å². The lowest BCUT2D eigenvalue weighted by atomic mass is 10.1. The van der Waals surface area contributed by atoms with Gasteiger partial charge in [0, 0.05) is 23.3 Å². The molecule has 7 heteroatoms. The number of aromatic amines is 1. The van der Waals surface area contributed by atoms with E-state index in [4.69, 9.17) is 0 Å². The van der Waals surface area contributed by atoms with Crippen LogP contribution < -0.4 is 5.32 Å². The third-order valence-corrected chi connectivity index (χ3v) is 3.17. The molecule has 112 valence electrons. The highest BCUT2D eigenvalue weighted by Crippen LogP contribution is 2.26. The SMILES string of the molecule is CN(C)CC(=O)Nc1n[nH]c2ccc(-c3cncnc3)cc12. The fourth-order valence-electron chi connectivity index (χ4n) is 2.20. The van der Waals surface area contributed by atoms with Gasteiger partial charge in [-0.3, -0.25) is 9.89 Å². The van der Waals surface area contributed by atoms with Gasteiger partial charge in [0.25, 0.3) is 0 Å². The Hall–Kier alpha value is -2.80. The Morgan fingerprint density at radius 1 is 1.23 bits per heavy atom. The zero-order chi connectivity index (χ0) is 15.5. The highest BCUT2D eigenvalue weighted by Gasteiger charge is 2.11. The van der Waals surface area contributed by atoms with Gasteiger partial charge in [-0.2, -0.15) is 5.10 Å². The third kappa shape index (κ3) is 2.94. The summed E-state index contributed by atoms with van der Waals surface area (Å²) in [6.45, 7) is 0.306. The molecule has 1 aromatic carbocycles. The molecular formula is C15H16N6O. The van der Waals surface area contributed by atoms with Crippen molar-refractivity contribution < 1.29 is 4.79 Å². The molecule has 7 nitrogen and oxygen atoms in total. The summed E-state index contributed by atoms with van der Waals surface area (Å²) in [5.41, 5.74) is 2.74. The maximum atomic E-state index is 11.9. The highest BCUT2D eigenvalue weighted by molar-refractivity contribution is 6.01. The summed E-state index contributed by atoms with van der Waals surface area (Å²) in [6, 6.07) is 5.85. The van der Waals surface area contributed by atoms with Crippen LogP contribution in [0, 0.1) is 0 Å². The van der Waals surface area contributed by atoms with Gasteiger partial charge < -0.3 is 10.2 Å². The summed E-state index contributed by atoms with van der Waals surface area (Å²) in [4.78, 5) is 21.7. The van der Waals surface area contributed by atoms with E-state index in [0.29, 0.717) is 12.4 Å². The average Bonchev–Trinajstić information content (AvgIpc) is 2.89. The number of anilines is 1. The summed E-state index contributed by atoms with van der Waals surface area (Å²) in [7, 11) is 3.69. The van der Waals surface area contributed by atoms with Crippen molar-refractivity contribution in [2.75, 3.05) is 26.0 Å². The second-order valence-corrected chi connectivity index (χ2v) is 5.25. The second-order valence-electron chi connectivity index (χ2n) is 5.25. The van der Waals surface area contributed by atoms with Gasteiger partial charge in [0.05, 0.1) is 12.1 Å². The van der Waals surface area contributed by atoms with Crippen molar-refractivity contribution in [1.29, 1.82) is 0 Å². The highest BCUT2D eigenvalue weighted by atomic mass is 16.2. The first-order valence-corrected chi connectivity index (χ1v) is 6.81. The first kappa shape index (κ1) is 14.2. The Bertz CT molecular complexity index is 796. The van der Waals surface area contributed by atoms with E-state index in [1.807, 2.05) is 32.3 Å². The monoisotopic (exact) mass is 296 g/mol. The quantitative estimate of drug-likeness (QED) is 0.762. The van der Waals surface area contributed by atoms with Crippen LogP contribution in [0.1, 0.15) is 0 Å². The molecule has 3 rings (SSSR count). The molecule has 0 bridgehead atoms. The minimum Gasteiger partial charge on any atom is -0.308 e. The number of rotatable bonds is 4. The first-order valence-electron chi connectivity index (χ1n) is 6.81. The van der Waals surface area contributed by atoms with Gasteiger partial charge in [-0.05, 0) is 31.8 Å². The standard InChI is InChI=1S/C15H16N6O/c1-21(2)8-14(22)18-15-12-5-10(3-4-13(12)19-20-15)11-6-16-9-17-7-11/h3-7,9H,8H2,1-2H3,(H2,18,19,20,22). The van der Waals surface area contributed by atoms with E-state index in [9.17, 15) is 4.79 Å². The van der Waals surface area contributed by atoms with Crippen LogP contribution in [-0.2, 0) is 4.79 Å². The van der Waals surface area contributed by atoms with Crippen molar-refractivity contribution in [3.05, 3.63) is 36.9 Å². The van der Waals surface area contributed by atoms with Crippen molar-refractivity contribution in [3.63, 3.8) is 0 Å². The molecule has 2 heterocycles. The molecule has 0 aliphatic carbocycles. The molecule has 2 N–H and O–H groups in total. The Labute approximate surface area is 127 Å². The van der Waals surface area contributed by atoms with Crippen LogP contribution in [0.25, 0.3) is 22.0 Å². The van der Waals surface area contributed by atoms with Crippen molar-refractivity contribution in [3.8, 4) is 11.1 Å². The summed E-state index contributed by atoms with van der Waals surface area (Å²) in [5.74, 6) is 0.424. The number of nitrogens with one attached hydrogen (secondary N) is 2. The maximum absolute atomic E-state index is 11.9. The lowest BCUT2D eigenvalue weighted by molar-refractivity contribution is -0.116. The molecule has 0 aliphatic rings. The van der Waals surface area contributed by atoms with Crippen LogP contribution in [-0.4, -0.2) is 51.6 Å². The van der Waals surface area contributed by atoms with Crippen molar-refractivity contribution >= 4 is 22.6 Å². The molecule has 2 aromatic heterocycles. The lowest BCUT2D eigenvalue weighted by Crippen LogP contribution is -2.27. The molecule has 0 atom stereocenters. The minimum absolute atomic E-state index is 0.105. The predicted molar refractivity (Wildman–Crippen MR) is 84.3 cm³/mol. The summed E-state index contributed by atoms with van der Waals surface area (Å²) < 4.78 is 0. The smallest absolute Gasteiger partial charge is 0.239 e. The number of hydrogen-bond donors (Lipinski definition) is 2. The summed E-state index contributed by atoms with van der Waals surface area (Å²) in [6.07, 6.45) is 4.99. The van der Waals surface area contributed by atoms with Gasteiger partial charge >= 0.3 is 0 Å². The van der Waals surface area contributed by atoms with Gasteiger partial charge in [-0.1, -0.05) is 6.07 Å². The maximum Gasteiger partial charge on any atom is 0.239 e. The Morgan fingerprint density at radius 3 is 2.73 bits per heavy atom. The van der Waals surface area contributed by atoms with Gasteiger partial charge in [0.2, 0.25) is 5.91 Å². The summed E-state index contributed by atoms with van der Waals surface area (Å²) in [5, 5.41) is 10.8. The van der Waals surface area contributed by atoms with E-state index in [1.165, 1.54) is 6.33 Å². The third-order valence-electron chi connectivity index (χ3n) is 3.17. The molecule has 0 radical (unpaired) electrons. The van der Waals surface area contributed by atoms with E-state index < -0.39 is 0 Å². The second kappa shape index (κ2) is 5.90. The van der Waals surface area contributed by atoms with Crippen molar-refractivity contribution in [2.45, 2.75) is 0 Å². The van der Waals surface area contributed by atoms with E-state index in [1.54, 1.807) is 17.3 Å². The number of carbonyl (C=O) groups is 1. The van der Waals surface area contributed by atoms with Crippen LogP contribution in [0.5, 0.6) is 0 Å². The predicted octanol–water partition coefficient (Wildman–Crippen LogP) is 1.52. The molecular weight excluding hydrogens is 280 g/mol. The number of hydrogen-bond acceptors (Lipinski definition) is 5. The van der Waals surface area contributed by atoms with Crippen LogP contribution in [0.15, 0.2) is 36.9 Å². The van der Waals surface area contributed by atoms with Gasteiger partial charge in [-0.15, -0.1) is 0 Å². The molecule has 0 fully saturated rings. The molecule has 0 saturated heterocycles. The Kier molecular flexibility index (Phi) is 3.80. The van der Waals surface area contributed by atoms with Crippen LogP contribution in [0.2, 0.25) is 0 Å². The fraction of sp³-hybridized carbons (Fsp3) is 0.200. The zero-order valence-electron chi connectivity index (χ0n) is 12.4. The van der Waals surface area contributed by atoms with Crippen molar-refractivity contribution in [2.24, 2.45) is 0 Å². The lowest BCUT2D eigenvalue weighted by Gasteiger charge is -2.08. The molecule has 1 amide bonds. The number of benzene rings is 1. The van der Waals surface area contributed by atoms with Crippen LogP contribution in [0.4, 0.5) is 5.82 Å².